The molecule has 0 spiro atoms. The molecule has 1 aromatic carbocycles. The molecule has 0 saturated heterocycles. The highest BCUT2D eigenvalue weighted by Crippen LogP contribution is 2.23. The van der Waals surface area contributed by atoms with E-state index in [1.807, 2.05) is 35.7 Å². The van der Waals surface area contributed by atoms with Crippen molar-refractivity contribution in [2.75, 3.05) is 0 Å². The van der Waals surface area contributed by atoms with Gasteiger partial charge in [-0.2, -0.15) is 4.98 Å². The van der Waals surface area contributed by atoms with Crippen molar-refractivity contribution in [3.8, 4) is 10.7 Å². The molecular formula is C19H19N3O4S. The highest BCUT2D eigenvalue weighted by molar-refractivity contribution is 7.13. The maximum absolute atomic E-state index is 12.4. The number of aliphatic carboxylic acids is 1. The van der Waals surface area contributed by atoms with Gasteiger partial charge < -0.3 is 14.9 Å². The molecule has 27 heavy (non-hydrogen) atoms. The molecule has 8 heteroatoms. The van der Waals surface area contributed by atoms with Gasteiger partial charge >= 0.3 is 5.97 Å². The molecule has 0 aliphatic rings. The number of nitrogens with zero attached hydrogens (tertiary/aromatic N) is 2. The third kappa shape index (κ3) is 4.79. The number of carboxylic acid groups (broad SMARTS) is 1. The predicted octanol–water partition coefficient (Wildman–Crippen LogP) is 3.31. The summed E-state index contributed by atoms with van der Waals surface area (Å²) in [5.74, 6) is -1.13. The van der Waals surface area contributed by atoms with Crippen LogP contribution in [-0.4, -0.2) is 27.1 Å². The number of carbonyl (C=O) groups is 2. The van der Waals surface area contributed by atoms with Gasteiger partial charge in [0.1, 0.15) is 0 Å². The van der Waals surface area contributed by atoms with Crippen LogP contribution in [0.5, 0.6) is 0 Å². The maximum Gasteiger partial charge on any atom is 0.308 e. The lowest BCUT2D eigenvalue weighted by Crippen LogP contribution is -2.35. The Kier molecular flexibility index (Phi) is 5.97. The first-order chi connectivity index (χ1) is 13.0. The van der Waals surface area contributed by atoms with Gasteiger partial charge in [0, 0.05) is 12.8 Å². The Balaban J connectivity index is 1.62. The summed E-state index contributed by atoms with van der Waals surface area (Å²) in [4.78, 5) is 29.0. The summed E-state index contributed by atoms with van der Waals surface area (Å²) in [7, 11) is 0. The van der Waals surface area contributed by atoms with E-state index >= 15 is 0 Å². The van der Waals surface area contributed by atoms with Crippen molar-refractivity contribution < 1.29 is 19.2 Å². The maximum atomic E-state index is 12.4. The molecule has 0 fully saturated rings. The van der Waals surface area contributed by atoms with Crippen LogP contribution in [0.3, 0.4) is 0 Å². The summed E-state index contributed by atoms with van der Waals surface area (Å²) in [6.45, 7) is 1.57. The van der Waals surface area contributed by atoms with Gasteiger partial charge in [-0.25, -0.2) is 0 Å². The molecule has 0 aliphatic heterocycles. The van der Waals surface area contributed by atoms with Crippen molar-refractivity contribution in [2.24, 2.45) is 5.92 Å². The van der Waals surface area contributed by atoms with E-state index in [9.17, 15) is 14.7 Å². The Morgan fingerprint density at radius 3 is 2.67 bits per heavy atom. The number of nitrogens with one attached hydrogen (secondary N) is 1. The third-order valence-electron chi connectivity index (χ3n) is 4.14. The summed E-state index contributed by atoms with van der Waals surface area (Å²) in [6.07, 6.45) is 0.412. The number of amides is 1. The SMILES string of the molecule is CC(C(=O)O)C(NC(=O)CCc1nc(-c2cccs2)no1)c1ccccc1. The van der Waals surface area contributed by atoms with Gasteiger partial charge in [0.05, 0.1) is 16.8 Å². The molecule has 1 amide bonds. The van der Waals surface area contributed by atoms with E-state index < -0.39 is 17.9 Å². The average molecular weight is 385 g/mol. The van der Waals surface area contributed by atoms with Gasteiger partial charge in [0.25, 0.3) is 0 Å². The Hall–Kier alpha value is -3.00. The molecule has 2 aromatic heterocycles. The molecule has 2 N–H and O–H groups in total. The number of aromatic nitrogens is 2. The topological polar surface area (TPSA) is 105 Å². The Morgan fingerprint density at radius 1 is 1.22 bits per heavy atom. The summed E-state index contributed by atoms with van der Waals surface area (Å²) >= 11 is 1.51. The van der Waals surface area contributed by atoms with Gasteiger partial charge in [-0.3, -0.25) is 9.59 Å². The second-order valence-electron chi connectivity index (χ2n) is 6.07. The zero-order valence-corrected chi connectivity index (χ0v) is 15.5. The fraction of sp³-hybridized carbons (Fsp3) is 0.263. The minimum Gasteiger partial charge on any atom is -0.481 e. The van der Waals surface area contributed by atoms with Crippen molar-refractivity contribution in [2.45, 2.75) is 25.8 Å². The van der Waals surface area contributed by atoms with E-state index in [1.54, 1.807) is 19.1 Å². The van der Waals surface area contributed by atoms with Crippen molar-refractivity contribution in [3.05, 3.63) is 59.3 Å². The zero-order valence-electron chi connectivity index (χ0n) is 14.7. The number of hydrogen-bond acceptors (Lipinski definition) is 6. The molecule has 2 heterocycles. The number of carbonyl (C=O) groups excluding carboxylic acids is 1. The highest BCUT2D eigenvalue weighted by atomic mass is 32.1. The summed E-state index contributed by atoms with van der Waals surface area (Å²) in [5.41, 5.74) is 0.749. The first-order valence-corrected chi connectivity index (χ1v) is 9.36. The molecule has 3 aromatic rings. The molecule has 3 rings (SSSR count). The van der Waals surface area contributed by atoms with E-state index in [4.69, 9.17) is 4.52 Å². The van der Waals surface area contributed by atoms with Crippen LogP contribution in [0.2, 0.25) is 0 Å². The second kappa shape index (κ2) is 8.59. The number of benzene rings is 1. The molecule has 2 unspecified atom stereocenters. The lowest BCUT2D eigenvalue weighted by molar-refractivity contribution is -0.142. The Labute approximate surface area is 160 Å². The van der Waals surface area contributed by atoms with Gasteiger partial charge in [0.15, 0.2) is 0 Å². The Morgan fingerprint density at radius 2 is 2.00 bits per heavy atom. The van der Waals surface area contributed by atoms with Crippen molar-refractivity contribution in [3.63, 3.8) is 0 Å². The van der Waals surface area contributed by atoms with E-state index in [0.29, 0.717) is 11.7 Å². The normalized spacial score (nSPS) is 13.1. The standard InChI is InChI=1S/C19H19N3O4S/c1-12(19(24)25)17(13-6-3-2-4-7-13)20-15(23)9-10-16-21-18(22-26-16)14-8-5-11-27-14/h2-8,11-12,17H,9-10H2,1H3,(H,20,23)(H,24,25). The first-order valence-electron chi connectivity index (χ1n) is 8.48. The Bertz CT molecular complexity index is 893. The fourth-order valence-corrected chi connectivity index (χ4v) is 3.28. The number of thiophene rings is 1. The van der Waals surface area contributed by atoms with E-state index in [0.717, 1.165) is 10.4 Å². The van der Waals surface area contributed by atoms with Gasteiger partial charge in [-0.15, -0.1) is 11.3 Å². The molecule has 7 nitrogen and oxygen atoms in total. The highest BCUT2D eigenvalue weighted by Gasteiger charge is 2.26. The third-order valence-corrected chi connectivity index (χ3v) is 5.01. The molecule has 0 aliphatic carbocycles. The minimum atomic E-state index is -0.971. The quantitative estimate of drug-likeness (QED) is 0.616. The van der Waals surface area contributed by atoms with Crippen molar-refractivity contribution >= 4 is 23.2 Å². The summed E-state index contributed by atoms with van der Waals surface area (Å²) in [6, 6.07) is 12.3. The molecule has 140 valence electrons. The second-order valence-corrected chi connectivity index (χ2v) is 7.02. The molecular weight excluding hydrogens is 366 g/mol. The van der Waals surface area contributed by atoms with Crippen LogP contribution in [0.25, 0.3) is 10.7 Å². The molecule has 0 bridgehead atoms. The van der Waals surface area contributed by atoms with Crippen LogP contribution in [0.15, 0.2) is 52.4 Å². The number of carboxylic acids is 1. The van der Waals surface area contributed by atoms with Gasteiger partial charge in [-0.1, -0.05) is 41.6 Å². The largest absolute Gasteiger partial charge is 0.481 e. The van der Waals surface area contributed by atoms with E-state index in [2.05, 4.69) is 15.5 Å². The van der Waals surface area contributed by atoms with Gasteiger partial charge in [0.2, 0.25) is 17.6 Å². The lowest BCUT2D eigenvalue weighted by atomic mass is 9.94. The average Bonchev–Trinajstić information content (AvgIpc) is 3.36. The van der Waals surface area contributed by atoms with Crippen LogP contribution in [-0.2, 0) is 16.0 Å². The molecule has 0 radical (unpaired) electrons. The van der Waals surface area contributed by atoms with Crippen LogP contribution < -0.4 is 5.32 Å². The predicted molar refractivity (Wildman–Crippen MR) is 100 cm³/mol. The van der Waals surface area contributed by atoms with Crippen LogP contribution >= 0.6 is 11.3 Å². The molecule has 2 atom stereocenters. The van der Waals surface area contributed by atoms with Gasteiger partial charge in [-0.05, 0) is 23.9 Å². The number of aryl methyl sites for hydroxylation is 1. The van der Waals surface area contributed by atoms with Crippen LogP contribution in [0.1, 0.15) is 30.8 Å². The first kappa shape index (κ1) is 18.8. The zero-order chi connectivity index (χ0) is 19.2. The summed E-state index contributed by atoms with van der Waals surface area (Å²) in [5, 5.41) is 18.0. The van der Waals surface area contributed by atoms with Crippen molar-refractivity contribution in [1.29, 1.82) is 0 Å². The summed E-state index contributed by atoms with van der Waals surface area (Å²) < 4.78 is 5.19. The smallest absolute Gasteiger partial charge is 0.308 e. The van der Waals surface area contributed by atoms with Crippen LogP contribution in [0.4, 0.5) is 0 Å². The van der Waals surface area contributed by atoms with Crippen molar-refractivity contribution in [1.82, 2.24) is 15.5 Å². The monoisotopic (exact) mass is 385 g/mol. The lowest BCUT2D eigenvalue weighted by Gasteiger charge is -2.22. The minimum absolute atomic E-state index is 0.127. The number of rotatable bonds is 8. The molecule has 0 saturated carbocycles. The fourth-order valence-electron chi connectivity index (χ4n) is 2.63. The van der Waals surface area contributed by atoms with Crippen LogP contribution in [0, 0.1) is 5.92 Å². The number of hydrogen-bond donors (Lipinski definition) is 2. The van der Waals surface area contributed by atoms with E-state index in [-0.39, 0.29) is 18.7 Å². The van der Waals surface area contributed by atoms with E-state index in [1.165, 1.54) is 11.3 Å².